The van der Waals surface area contributed by atoms with E-state index in [9.17, 15) is 56.2 Å². The number of aliphatic hydroxyl groups excluding tert-OH is 11. The fraction of sp³-hybridized carbons (Fsp3) is 0.956. The summed E-state index contributed by atoms with van der Waals surface area (Å²) in [5, 5.41) is 113. The molecule has 0 radical (unpaired) electrons. The molecule has 4 heterocycles. The van der Waals surface area contributed by atoms with Crippen LogP contribution in [0.5, 0.6) is 0 Å². The molecule has 362 valence electrons. The van der Waals surface area contributed by atoms with Crippen molar-refractivity contribution in [1.29, 1.82) is 0 Å². The molecule has 63 heavy (non-hydrogen) atoms. The zero-order valence-electron chi connectivity index (χ0n) is 37.0. The number of hydrogen-bond acceptors (Lipinski definition) is 18. The van der Waals surface area contributed by atoms with Crippen LogP contribution in [0.25, 0.3) is 0 Å². The summed E-state index contributed by atoms with van der Waals surface area (Å²) in [4.78, 5) is 0. The van der Waals surface area contributed by atoms with E-state index in [1.165, 1.54) is 5.57 Å². The first-order chi connectivity index (χ1) is 29.9. The Morgan fingerprint density at radius 3 is 1.87 bits per heavy atom. The minimum atomic E-state index is -1.74. The zero-order chi connectivity index (χ0) is 45.3. The monoisotopic (exact) mass is 902 g/mol. The molecule has 3 saturated heterocycles. The van der Waals surface area contributed by atoms with Crippen molar-refractivity contribution in [3.63, 3.8) is 0 Å². The molecule has 8 rings (SSSR count). The molecule has 0 unspecified atom stereocenters. The fourth-order valence-electron chi connectivity index (χ4n) is 13.7. The SMILES string of the molecule is CC1=C(CC[C@@H](C)CO[C@H]2O[C@H](CO)[C@@H](O)[C@H](O)[C@H]2O)O[C@H]2C[C@@H]3[C@H]4CC[C@@H]5C[C@H](O[C@H]6O[C@H](CO)[C@H](O)[C@H](O)[C@H]6O[C@H]6O[C@H](CO)[C@@H](O)[C@H](O)[C@H]6O)CC[C@]5(C)[C@@H]4CC[C@]3(C)[C@@H]12. The quantitative estimate of drug-likeness (QED) is 0.101. The summed E-state index contributed by atoms with van der Waals surface area (Å²) >= 11 is 0. The molecule has 18 nitrogen and oxygen atoms in total. The summed E-state index contributed by atoms with van der Waals surface area (Å²) < 4.78 is 42.2. The van der Waals surface area contributed by atoms with Crippen molar-refractivity contribution >= 4 is 0 Å². The second-order valence-electron chi connectivity index (χ2n) is 20.9. The van der Waals surface area contributed by atoms with Crippen LogP contribution in [0.1, 0.15) is 91.9 Å². The van der Waals surface area contributed by atoms with E-state index in [1.54, 1.807) is 0 Å². The average molecular weight is 903 g/mol. The number of aliphatic hydroxyl groups is 11. The van der Waals surface area contributed by atoms with Crippen LogP contribution in [0, 0.1) is 46.3 Å². The number of allylic oxidation sites excluding steroid dienone is 1. The van der Waals surface area contributed by atoms with E-state index in [1.807, 2.05) is 0 Å². The Balaban J connectivity index is 0.872. The summed E-state index contributed by atoms with van der Waals surface area (Å²) in [6.07, 6.45) is -12.1. The Kier molecular flexibility index (Phi) is 14.6. The molecule has 18 heteroatoms. The molecule has 0 amide bonds. The van der Waals surface area contributed by atoms with Crippen LogP contribution in [0.2, 0.25) is 0 Å². The summed E-state index contributed by atoms with van der Waals surface area (Å²) in [7, 11) is 0. The lowest BCUT2D eigenvalue weighted by Gasteiger charge is -2.61. The lowest BCUT2D eigenvalue weighted by atomic mass is 9.44. The fourth-order valence-corrected chi connectivity index (χ4v) is 13.7. The lowest BCUT2D eigenvalue weighted by molar-refractivity contribution is -0.373. The van der Waals surface area contributed by atoms with Crippen LogP contribution in [0.4, 0.5) is 0 Å². The van der Waals surface area contributed by atoms with Crippen LogP contribution < -0.4 is 0 Å². The van der Waals surface area contributed by atoms with Crippen molar-refractivity contribution in [3.8, 4) is 0 Å². The van der Waals surface area contributed by atoms with Gasteiger partial charge in [0.25, 0.3) is 0 Å². The van der Waals surface area contributed by atoms with Gasteiger partial charge in [0.15, 0.2) is 18.9 Å². The highest BCUT2D eigenvalue weighted by molar-refractivity contribution is 5.26. The van der Waals surface area contributed by atoms with Gasteiger partial charge in [0.05, 0.1) is 38.3 Å². The maximum absolute atomic E-state index is 11.2. The molecule has 0 spiro atoms. The van der Waals surface area contributed by atoms with E-state index >= 15 is 0 Å². The van der Waals surface area contributed by atoms with E-state index in [0.717, 1.165) is 70.0 Å². The first-order valence-electron chi connectivity index (χ1n) is 23.5. The van der Waals surface area contributed by atoms with Crippen molar-refractivity contribution in [2.75, 3.05) is 26.4 Å². The minimum absolute atomic E-state index is 0.0928. The summed E-state index contributed by atoms with van der Waals surface area (Å²) in [6, 6.07) is 0. The van der Waals surface area contributed by atoms with Gasteiger partial charge >= 0.3 is 0 Å². The summed E-state index contributed by atoms with van der Waals surface area (Å²) in [5.41, 5.74) is 1.57. The van der Waals surface area contributed by atoms with Crippen LogP contribution in [0.3, 0.4) is 0 Å². The molecular formula is C45H74O18. The van der Waals surface area contributed by atoms with Gasteiger partial charge in [-0.25, -0.2) is 0 Å². The highest BCUT2D eigenvalue weighted by Crippen LogP contribution is 2.70. The molecule has 4 aliphatic carbocycles. The molecule has 4 aliphatic heterocycles. The van der Waals surface area contributed by atoms with Crippen LogP contribution >= 0.6 is 0 Å². The van der Waals surface area contributed by atoms with Crippen molar-refractivity contribution in [3.05, 3.63) is 11.3 Å². The maximum Gasteiger partial charge on any atom is 0.187 e. The van der Waals surface area contributed by atoms with Crippen LogP contribution in [0.15, 0.2) is 11.3 Å². The first kappa shape index (κ1) is 48.3. The van der Waals surface area contributed by atoms with Crippen molar-refractivity contribution in [1.82, 2.24) is 0 Å². The second-order valence-corrected chi connectivity index (χ2v) is 20.9. The van der Waals surface area contributed by atoms with Crippen LogP contribution in [-0.2, 0) is 33.2 Å². The van der Waals surface area contributed by atoms with Gasteiger partial charge in [0.1, 0.15) is 79.4 Å². The third-order valence-electron chi connectivity index (χ3n) is 17.4. The van der Waals surface area contributed by atoms with Gasteiger partial charge in [0, 0.05) is 12.3 Å². The highest BCUT2D eigenvalue weighted by Gasteiger charge is 2.65. The predicted octanol–water partition coefficient (Wildman–Crippen LogP) is -0.830. The van der Waals surface area contributed by atoms with Gasteiger partial charge in [0.2, 0.25) is 0 Å². The molecular weight excluding hydrogens is 828 g/mol. The number of hydrogen-bond donors (Lipinski definition) is 11. The smallest absolute Gasteiger partial charge is 0.187 e. The van der Waals surface area contributed by atoms with E-state index in [4.69, 9.17) is 33.2 Å². The molecule has 0 aromatic carbocycles. The summed E-state index contributed by atoms with van der Waals surface area (Å²) in [5.74, 6) is 3.56. The molecule has 0 aromatic heterocycles. The van der Waals surface area contributed by atoms with Gasteiger partial charge in [-0.2, -0.15) is 0 Å². The third-order valence-corrected chi connectivity index (χ3v) is 17.4. The van der Waals surface area contributed by atoms with E-state index in [0.29, 0.717) is 29.6 Å². The van der Waals surface area contributed by atoms with Crippen molar-refractivity contribution in [2.24, 2.45) is 46.3 Å². The Labute approximate surface area is 369 Å². The highest BCUT2D eigenvalue weighted by atomic mass is 16.8. The van der Waals surface area contributed by atoms with E-state index in [2.05, 4.69) is 27.7 Å². The first-order valence-corrected chi connectivity index (χ1v) is 23.5. The number of fused-ring (bicyclic) bond motifs is 7. The van der Waals surface area contributed by atoms with E-state index < -0.39 is 112 Å². The largest absolute Gasteiger partial charge is 0.494 e. The topological polar surface area (TPSA) is 287 Å². The van der Waals surface area contributed by atoms with Crippen molar-refractivity contribution < 1.29 is 89.3 Å². The molecule has 0 aromatic rings. The molecule has 4 saturated carbocycles. The summed E-state index contributed by atoms with van der Waals surface area (Å²) in [6.45, 7) is 7.74. The normalized spacial score (nSPS) is 52.7. The molecule has 11 N–H and O–H groups in total. The van der Waals surface area contributed by atoms with Crippen molar-refractivity contribution in [2.45, 2.75) is 196 Å². The van der Waals surface area contributed by atoms with E-state index in [-0.39, 0.29) is 35.6 Å². The second kappa shape index (κ2) is 19.1. The Morgan fingerprint density at radius 1 is 0.635 bits per heavy atom. The Bertz CT molecular complexity index is 1580. The minimum Gasteiger partial charge on any atom is -0.494 e. The Hall–Kier alpha value is -1.14. The molecule has 25 atom stereocenters. The zero-order valence-corrected chi connectivity index (χ0v) is 37.0. The molecule has 0 bridgehead atoms. The van der Waals surface area contributed by atoms with Gasteiger partial charge in [-0.1, -0.05) is 20.8 Å². The van der Waals surface area contributed by atoms with Gasteiger partial charge < -0.3 is 89.3 Å². The van der Waals surface area contributed by atoms with Gasteiger partial charge in [-0.15, -0.1) is 0 Å². The van der Waals surface area contributed by atoms with Gasteiger partial charge in [-0.05, 0) is 111 Å². The maximum atomic E-state index is 11.2. The Morgan fingerprint density at radius 2 is 1.22 bits per heavy atom. The molecule has 8 aliphatic rings. The molecule has 7 fully saturated rings. The lowest BCUT2D eigenvalue weighted by Crippen LogP contribution is -2.65. The number of rotatable bonds is 13. The third kappa shape index (κ3) is 8.68. The standard InChI is InChI=1S/C45H74O18/c1-19(18-57-41-38(55)35(52)32(49)28(15-46)60-41)5-8-26-20(2)31-27(59-26)14-25-23-7-6-21-13-22(9-11-44(21,3)24(23)10-12-45(25,31)4)58-43-40(37(54)34(51)30(17-48)62-43)63-42-39(56)36(53)33(50)29(16-47)61-42/h19,21-25,27-43,46-56H,5-18H2,1-4H3/t19-,21-,22-,23+,24-,25-,27+,28-,29-,30-,31+,32-,33-,34+,35+,36+,37+,38-,39-,40-,41+,42-,43+,44+,45+/m1/s1. The predicted molar refractivity (Wildman–Crippen MR) is 218 cm³/mol. The number of ether oxygens (including phenoxy) is 7. The van der Waals surface area contributed by atoms with Crippen LogP contribution in [-0.4, -0.2) is 187 Å². The van der Waals surface area contributed by atoms with Gasteiger partial charge in [-0.3, -0.25) is 0 Å². The average Bonchev–Trinajstić information content (AvgIpc) is 3.76.